The summed E-state index contributed by atoms with van der Waals surface area (Å²) in [6.45, 7) is 73.2. The fraction of sp³-hybridized carbons (Fsp3) is 0.861. The Morgan fingerprint density at radius 1 is 0.510 bits per heavy atom. The minimum absolute atomic E-state index is 0.0430. The molecule has 2 amide bonds. The maximum absolute atomic E-state index is 11.9. The van der Waals surface area contributed by atoms with E-state index in [2.05, 4.69) is 178 Å². The lowest BCUT2D eigenvalue weighted by atomic mass is 9.84. The molecule has 1 saturated carbocycles. The summed E-state index contributed by atoms with van der Waals surface area (Å²) >= 11 is 0. The third-order valence-electron chi connectivity index (χ3n) is 15.8. The third-order valence-corrected chi connectivity index (χ3v) is 15.8. The van der Waals surface area contributed by atoms with E-state index in [1.807, 2.05) is 34.6 Å². The molecule has 0 radical (unpaired) electrons. The molecular formula is C79H155N5O12. The van der Waals surface area contributed by atoms with Crippen LogP contribution in [0.15, 0.2) is 24.4 Å². The van der Waals surface area contributed by atoms with Gasteiger partial charge < -0.3 is 51.1 Å². The molecule has 0 aromatic carbocycles. The number of nitrogens with two attached hydrogens (primary N) is 3. The van der Waals surface area contributed by atoms with E-state index in [0.29, 0.717) is 71.2 Å². The lowest BCUT2D eigenvalue weighted by molar-refractivity contribution is -0.149. The summed E-state index contributed by atoms with van der Waals surface area (Å²) < 4.78 is 25.7. The first-order valence-electron chi connectivity index (χ1n) is 36.1. The molecule has 3 unspecified atom stereocenters. The number of nitrogens with one attached hydrogen (secondary N) is 1. The molecule has 0 aromatic rings. The van der Waals surface area contributed by atoms with Crippen LogP contribution >= 0.6 is 0 Å². The lowest BCUT2D eigenvalue weighted by Gasteiger charge is -2.25. The van der Waals surface area contributed by atoms with E-state index in [4.69, 9.17) is 40.9 Å². The van der Waals surface area contributed by atoms with Gasteiger partial charge in [-0.15, -0.1) is 0 Å². The quantitative estimate of drug-likeness (QED) is 0.0398. The van der Waals surface area contributed by atoms with Gasteiger partial charge in [0.2, 0.25) is 5.91 Å². The molecule has 96 heavy (non-hydrogen) atoms. The number of hydrogen-bond donors (Lipinski definition) is 4. The Labute approximate surface area is 590 Å². The molecule has 17 nitrogen and oxygen atoms in total. The number of rotatable bonds is 24. The number of esters is 5. The highest BCUT2D eigenvalue weighted by Gasteiger charge is 2.30. The molecule has 1 heterocycles. The molecule has 0 aromatic heterocycles. The van der Waals surface area contributed by atoms with E-state index in [9.17, 15) is 33.6 Å². The summed E-state index contributed by atoms with van der Waals surface area (Å²) in [6, 6.07) is -1.78. The highest BCUT2D eigenvalue weighted by Crippen LogP contribution is 2.28. The van der Waals surface area contributed by atoms with Crippen molar-refractivity contribution in [1.82, 2.24) is 10.2 Å². The molecule has 568 valence electrons. The third kappa shape index (κ3) is 64.3. The van der Waals surface area contributed by atoms with Crippen molar-refractivity contribution in [3.63, 3.8) is 0 Å². The van der Waals surface area contributed by atoms with Gasteiger partial charge in [0.15, 0.2) is 0 Å². The Morgan fingerprint density at radius 2 is 0.833 bits per heavy atom. The molecule has 0 spiro atoms. The van der Waals surface area contributed by atoms with Crippen molar-refractivity contribution in [3.05, 3.63) is 24.4 Å². The SMILES string of the molecule is C=C1C=CC(=O)N1CC(=O)NC(C)C(=O)OCCCC(C)(C)C.CC(C)(C)CCCOC(=O)C(C)(C)N.CC(C)(C)CCCOC(=O)C(N)C(C)(C)C.CC(C)(C)CCCOC(=O)C1CCCC1.CC(C)C(C)(C)C.CC(C)C(N)C(=O)OCCCC(C)(C)C.CCC(C)(C)C. The topological polar surface area (TPSA) is 259 Å². The van der Waals surface area contributed by atoms with E-state index in [1.54, 1.807) is 26.8 Å². The van der Waals surface area contributed by atoms with Crippen LogP contribution in [0.4, 0.5) is 0 Å². The van der Waals surface area contributed by atoms with Gasteiger partial charge in [-0.25, -0.2) is 4.79 Å². The fourth-order valence-corrected chi connectivity index (χ4v) is 7.43. The van der Waals surface area contributed by atoms with Gasteiger partial charge >= 0.3 is 29.8 Å². The van der Waals surface area contributed by atoms with Crippen molar-refractivity contribution in [2.24, 2.45) is 78.3 Å². The zero-order chi connectivity index (χ0) is 76.7. The van der Waals surface area contributed by atoms with E-state index in [0.717, 1.165) is 83.0 Å². The van der Waals surface area contributed by atoms with Gasteiger partial charge in [-0.05, 0) is 159 Å². The van der Waals surface area contributed by atoms with Gasteiger partial charge in [0.25, 0.3) is 5.91 Å². The fourth-order valence-electron chi connectivity index (χ4n) is 7.43. The smallest absolute Gasteiger partial charge is 0.328 e. The summed E-state index contributed by atoms with van der Waals surface area (Å²) in [4.78, 5) is 82.2. The largest absolute Gasteiger partial charge is 0.465 e. The Balaban J connectivity index is -0.000000346. The zero-order valence-corrected chi connectivity index (χ0v) is 68.3. The average Bonchev–Trinajstić information content (AvgIpc) is 1.73. The summed E-state index contributed by atoms with van der Waals surface area (Å²) in [6.07, 6.45) is 18.3. The lowest BCUT2D eigenvalue weighted by Crippen LogP contribution is -2.44. The van der Waals surface area contributed by atoms with Gasteiger partial charge in [0.1, 0.15) is 30.2 Å². The summed E-state index contributed by atoms with van der Waals surface area (Å²) in [7, 11) is 0. The number of carbonyl (C=O) groups excluding carboxylic acids is 7. The molecule has 0 bridgehead atoms. The maximum atomic E-state index is 11.9. The minimum atomic E-state index is -0.873. The van der Waals surface area contributed by atoms with E-state index in [1.165, 1.54) is 30.2 Å². The van der Waals surface area contributed by atoms with Gasteiger partial charge in [-0.1, -0.05) is 227 Å². The van der Waals surface area contributed by atoms with Crippen LogP contribution in [0.2, 0.25) is 0 Å². The first-order valence-corrected chi connectivity index (χ1v) is 36.1. The number of allylic oxidation sites excluding steroid dienone is 1. The van der Waals surface area contributed by atoms with Gasteiger partial charge in [-0.3, -0.25) is 28.8 Å². The van der Waals surface area contributed by atoms with Crippen LogP contribution < -0.4 is 22.5 Å². The Hall–Kier alpha value is -4.35. The molecule has 0 saturated heterocycles. The van der Waals surface area contributed by atoms with Crippen LogP contribution in [0, 0.1) is 61.1 Å². The predicted octanol–water partition coefficient (Wildman–Crippen LogP) is 17.6. The monoisotopic (exact) mass is 1370 g/mol. The van der Waals surface area contributed by atoms with E-state index >= 15 is 0 Å². The Kier molecular flexibility index (Phi) is 49.8. The Morgan fingerprint density at radius 3 is 1.11 bits per heavy atom. The van der Waals surface area contributed by atoms with Crippen molar-refractivity contribution in [2.75, 3.05) is 39.6 Å². The maximum Gasteiger partial charge on any atom is 0.328 e. The first-order chi connectivity index (χ1) is 43.0. The second kappa shape index (κ2) is 47.7. The highest BCUT2D eigenvalue weighted by molar-refractivity contribution is 5.96. The number of amides is 2. The van der Waals surface area contributed by atoms with Crippen LogP contribution in [0.3, 0.4) is 0 Å². The van der Waals surface area contributed by atoms with Crippen molar-refractivity contribution >= 4 is 41.7 Å². The number of carbonyl (C=O) groups is 7. The van der Waals surface area contributed by atoms with Gasteiger partial charge in [0.05, 0.1) is 39.0 Å². The summed E-state index contributed by atoms with van der Waals surface area (Å²) in [5.74, 6) is -0.901. The number of nitrogens with zero attached hydrogens (tertiary/aromatic N) is 1. The molecule has 3 atom stereocenters. The van der Waals surface area contributed by atoms with Crippen molar-refractivity contribution in [2.45, 2.75) is 342 Å². The molecule has 17 heteroatoms. The predicted molar refractivity (Wildman–Crippen MR) is 400 cm³/mol. The first kappa shape index (κ1) is 100. The number of hydrogen-bond acceptors (Lipinski definition) is 15. The van der Waals surface area contributed by atoms with Crippen molar-refractivity contribution in [1.29, 1.82) is 0 Å². The van der Waals surface area contributed by atoms with Crippen LogP contribution in [0.1, 0.15) is 318 Å². The molecule has 7 N–H and O–H groups in total. The van der Waals surface area contributed by atoms with Crippen LogP contribution in [-0.2, 0) is 57.2 Å². The molecule has 2 aliphatic rings. The minimum Gasteiger partial charge on any atom is -0.465 e. The van der Waals surface area contributed by atoms with Crippen molar-refractivity contribution < 1.29 is 57.2 Å². The second-order valence-electron chi connectivity index (χ2n) is 36.9. The van der Waals surface area contributed by atoms with E-state index < -0.39 is 35.5 Å². The van der Waals surface area contributed by atoms with E-state index in [-0.39, 0.29) is 59.0 Å². The van der Waals surface area contributed by atoms with Gasteiger partial charge in [0, 0.05) is 11.8 Å². The normalized spacial score (nSPS) is 14.8. The Bertz CT molecular complexity index is 2150. The molecule has 1 aliphatic carbocycles. The highest BCUT2D eigenvalue weighted by atomic mass is 16.5. The molecular weight excluding hydrogens is 1210 g/mol. The van der Waals surface area contributed by atoms with Crippen LogP contribution in [0.25, 0.3) is 0 Å². The molecule has 1 fully saturated rings. The second-order valence-corrected chi connectivity index (χ2v) is 36.9. The summed E-state index contributed by atoms with van der Waals surface area (Å²) in [5.41, 5.74) is 18.8. The average molecular weight is 1370 g/mol. The molecule has 1 aliphatic heterocycles. The van der Waals surface area contributed by atoms with Crippen LogP contribution in [0.5, 0.6) is 0 Å². The van der Waals surface area contributed by atoms with Crippen LogP contribution in [-0.4, -0.2) is 110 Å². The summed E-state index contributed by atoms with van der Waals surface area (Å²) in [5, 5.41) is 2.53. The zero-order valence-electron chi connectivity index (χ0n) is 68.3. The number of ether oxygens (including phenoxy) is 5. The van der Waals surface area contributed by atoms with Crippen molar-refractivity contribution in [3.8, 4) is 0 Å². The standard InChI is InChI=1S/C17H26N2O4.C13H27NO2.C13H24O2.C12H25NO2.C11H23NO2.C7H16.C6H14/c1-12-7-8-15(21)19(12)11-14(20)18-13(2)16(22)23-10-6-9-17(3,4)5;1-12(2,3)8-7-9-16-11(15)10(14)13(4,5)6;1-13(2,3)9-6-10-15-12(14)11-7-4-5-8-11;1-9(2)10(13)11(14)15-8-6-7-12(3,4)5;1-10(2,3)7-6-8-14-9(13)11(4,5)12;1-6(2)7(3,4)5;1-5-6(2,3)4/h7-8,13H,1,6,9-11H2,2-5H3,(H,18,20);10H,7-9,14H2,1-6H3;11H,4-10H2,1-3H3;9-10H,6-8,13H2,1-5H3;6-8,12H2,1-5H3;6H,1-5H3;5H2,1-4H3. The molecule has 2 rings (SSSR count). The van der Waals surface area contributed by atoms with Gasteiger partial charge in [-0.2, -0.15) is 0 Å².